The highest BCUT2D eigenvalue weighted by Gasteiger charge is 2.11. The molecule has 0 aliphatic heterocycles. The molecule has 0 radical (unpaired) electrons. The average Bonchev–Trinajstić information content (AvgIpc) is 2.36. The summed E-state index contributed by atoms with van der Waals surface area (Å²) in [4.78, 5) is 12.2. The predicted octanol–water partition coefficient (Wildman–Crippen LogP) is 3.90. The van der Waals surface area contributed by atoms with Gasteiger partial charge in [0.15, 0.2) is 0 Å². The van der Waals surface area contributed by atoms with Crippen molar-refractivity contribution in [3.8, 4) is 0 Å². The number of amides is 1. The van der Waals surface area contributed by atoms with Gasteiger partial charge in [0, 0.05) is 10.0 Å². The molecule has 0 bridgehead atoms. The van der Waals surface area contributed by atoms with Crippen LogP contribution in [0.1, 0.15) is 21.5 Å². The zero-order valence-corrected chi connectivity index (χ0v) is 12.4. The van der Waals surface area contributed by atoms with Crippen molar-refractivity contribution < 1.29 is 4.79 Å². The van der Waals surface area contributed by atoms with Gasteiger partial charge in [-0.2, -0.15) is 0 Å². The number of hydrogen-bond donors (Lipinski definition) is 2. The van der Waals surface area contributed by atoms with Crippen LogP contribution in [0, 0.1) is 13.8 Å². The molecule has 0 atom stereocenters. The number of carbonyl (C=O) groups excluding carboxylic acids is 1. The molecule has 0 aliphatic carbocycles. The van der Waals surface area contributed by atoms with Gasteiger partial charge in [-0.05, 0) is 49.2 Å². The molecule has 4 heteroatoms. The molecule has 0 unspecified atom stereocenters. The number of hydrogen-bond acceptors (Lipinski definition) is 2. The molecule has 0 heterocycles. The lowest BCUT2D eigenvalue weighted by Crippen LogP contribution is -2.14. The maximum atomic E-state index is 12.2. The van der Waals surface area contributed by atoms with Crippen molar-refractivity contribution in [2.45, 2.75) is 13.8 Å². The molecule has 3 N–H and O–H groups in total. The molecule has 0 fully saturated rings. The largest absolute Gasteiger partial charge is 0.397 e. The number of rotatable bonds is 2. The van der Waals surface area contributed by atoms with Crippen molar-refractivity contribution in [2.24, 2.45) is 0 Å². The minimum absolute atomic E-state index is 0.143. The third kappa shape index (κ3) is 2.96. The first-order chi connectivity index (χ1) is 8.99. The maximum Gasteiger partial charge on any atom is 0.255 e. The van der Waals surface area contributed by atoms with Crippen molar-refractivity contribution in [1.29, 1.82) is 0 Å². The van der Waals surface area contributed by atoms with E-state index in [1.54, 1.807) is 12.1 Å². The summed E-state index contributed by atoms with van der Waals surface area (Å²) in [5, 5.41) is 2.84. The first kappa shape index (κ1) is 13.6. The SMILES string of the molecule is Cc1cccc(C(=O)Nc2ccc(Br)cc2N)c1C. The van der Waals surface area contributed by atoms with E-state index in [4.69, 9.17) is 5.73 Å². The first-order valence-corrected chi connectivity index (χ1v) is 6.71. The van der Waals surface area contributed by atoms with E-state index in [0.717, 1.165) is 15.6 Å². The number of aryl methyl sites for hydroxylation is 1. The van der Waals surface area contributed by atoms with Gasteiger partial charge < -0.3 is 11.1 Å². The number of carbonyl (C=O) groups is 1. The van der Waals surface area contributed by atoms with E-state index in [-0.39, 0.29) is 5.91 Å². The molecule has 2 aromatic rings. The summed E-state index contributed by atoms with van der Waals surface area (Å²) >= 11 is 3.34. The van der Waals surface area contributed by atoms with Crippen LogP contribution in [-0.2, 0) is 0 Å². The molecule has 19 heavy (non-hydrogen) atoms. The van der Waals surface area contributed by atoms with Gasteiger partial charge in [0.05, 0.1) is 11.4 Å². The first-order valence-electron chi connectivity index (χ1n) is 5.91. The Morgan fingerprint density at radius 2 is 1.95 bits per heavy atom. The van der Waals surface area contributed by atoms with Crippen LogP contribution in [0.25, 0.3) is 0 Å². The highest BCUT2D eigenvalue weighted by molar-refractivity contribution is 9.10. The smallest absolute Gasteiger partial charge is 0.255 e. The number of anilines is 2. The molecule has 0 aliphatic rings. The van der Waals surface area contributed by atoms with Gasteiger partial charge in [-0.25, -0.2) is 0 Å². The Balaban J connectivity index is 2.28. The van der Waals surface area contributed by atoms with Gasteiger partial charge in [-0.1, -0.05) is 28.1 Å². The molecule has 3 nitrogen and oxygen atoms in total. The molecule has 0 saturated carbocycles. The van der Waals surface area contributed by atoms with Crippen LogP contribution < -0.4 is 11.1 Å². The van der Waals surface area contributed by atoms with Crippen LogP contribution in [-0.4, -0.2) is 5.91 Å². The number of nitrogen functional groups attached to an aromatic ring is 1. The van der Waals surface area contributed by atoms with Crippen molar-refractivity contribution in [1.82, 2.24) is 0 Å². The summed E-state index contributed by atoms with van der Waals surface area (Å²) in [6.45, 7) is 3.93. The normalized spacial score (nSPS) is 10.3. The topological polar surface area (TPSA) is 55.1 Å². The molecule has 0 spiro atoms. The van der Waals surface area contributed by atoms with E-state index in [1.807, 2.05) is 38.1 Å². The Morgan fingerprint density at radius 3 is 2.63 bits per heavy atom. The molecule has 0 aromatic heterocycles. The predicted molar refractivity (Wildman–Crippen MR) is 82.4 cm³/mol. The van der Waals surface area contributed by atoms with Crippen molar-refractivity contribution >= 4 is 33.2 Å². The van der Waals surface area contributed by atoms with E-state index >= 15 is 0 Å². The number of nitrogens with one attached hydrogen (secondary N) is 1. The van der Waals surface area contributed by atoms with E-state index < -0.39 is 0 Å². The van der Waals surface area contributed by atoms with Crippen LogP contribution in [0.3, 0.4) is 0 Å². The third-order valence-electron chi connectivity index (χ3n) is 3.11. The van der Waals surface area contributed by atoms with Crippen LogP contribution in [0.2, 0.25) is 0 Å². The molecular formula is C15H15BrN2O. The second-order valence-electron chi connectivity index (χ2n) is 4.43. The van der Waals surface area contributed by atoms with Gasteiger partial charge in [-0.15, -0.1) is 0 Å². The number of nitrogens with two attached hydrogens (primary N) is 1. The average molecular weight is 319 g/mol. The Kier molecular flexibility index (Phi) is 3.90. The number of benzene rings is 2. The zero-order chi connectivity index (χ0) is 14.0. The number of halogens is 1. The molecular weight excluding hydrogens is 304 g/mol. The zero-order valence-electron chi connectivity index (χ0n) is 10.8. The fourth-order valence-electron chi connectivity index (χ4n) is 1.83. The van der Waals surface area contributed by atoms with Crippen molar-refractivity contribution in [2.75, 3.05) is 11.1 Å². The van der Waals surface area contributed by atoms with Crippen LogP contribution in [0.5, 0.6) is 0 Å². The highest BCUT2D eigenvalue weighted by Crippen LogP contribution is 2.24. The summed E-state index contributed by atoms with van der Waals surface area (Å²) in [5.74, 6) is -0.143. The fraction of sp³-hybridized carbons (Fsp3) is 0.133. The highest BCUT2D eigenvalue weighted by atomic mass is 79.9. The van der Waals surface area contributed by atoms with Crippen LogP contribution in [0.4, 0.5) is 11.4 Å². The van der Waals surface area contributed by atoms with Crippen LogP contribution in [0.15, 0.2) is 40.9 Å². The van der Waals surface area contributed by atoms with E-state index in [9.17, 15) is 4.79 Å². The van der Waals surface area contributed by atoms with E-state index in [0.29, 0.717) is 16.9 Å². The minimum atomic E-state index is -0.143. The summed E-state index contributed by atoms with van der Waals surface area (Å²) < 4.78 is 0.884. The lowest BCUT2D eigenvalue weighted by molar-refractivity contribution is 0.102. The summed E-state index contributed by atoms with van der Waals surface area (Å²) in [6.07, 6.45) is 0. The van der Waals surface area contributed by atoms with Gasteiger partial charge in [0.25, 0.3) is 5.91 Å². The monoisotopic (exact) mass is 318 g/mol. The lowest BCUT2D eigenvalue weighted by atomic mass is 10.0. The van der Waals surface area contributed by atoms with E-state index in [2.05, 4.69) is 21.2 Å². The Morgan fingerprint density at radius 1 is 1.21 bits per heavy atom. The van der Waals surface area contributed by atoms with E-state index in [1.165, 1.54) is 0 Å². The second kappa shape index (κ2) is 5.45. The Hall–Kier alpha value is -1.81. The standard InChI is InChI=1S/C15H15BrN2O/c1-9-4-3-5-12(10(9)2)15(19)18-14-7-6-11(16)8-13(14)17/h3-8H,17H2,1-2H3,(H,18,19). The molecule has 2 aromatic carbocycles. The lowest BCUT2D eigenvalue weighted by Gasteiger charge is -2.11. The third-order valence-corrected chi connectivity index (χ3v) is 3.60. The molecule has 1 amide bonds. The van der Waals surface area contributed by atoms with Gasteiger partial charge in [0.2, 0.25) is 0 Å². The van der Waals surface area contributed by atoms with Crippen molar-refractivity contribution in [3.05, 3.63) is 57.6 Å². The second-order valence-corrected chi connectivity index (χ2v) is 5.35. The fourth-order valence-corrected chi connectivity index (χ4v) is 2.21. The molecule has 0 saturated heterocycles. The van der Waals surface area contributed by atoms with Gasteiger partial charge in [-0.3, -0.25) is 4.79 Å². The summed E-state index contributed by atoms with van der Waals surface area (Å²) in [6, 6.07) is 11.1. The van der Waals surface area contributed by atoms with Gasteiger partial charge >= 0.3 is 0 Å². The quantitative estimate of drug-likeness (QED) is 0.825. The van der Waals surface area contributed by atoms with Gasteiger partial charge in [0.1, 0.15) is 0 Å². The van der Waals surface area contributed by atoms with Crippen molar-refractivity contribution in [3.63, 3.8) is 0 Å². The molecule has 2 rings (SSSR count). The summed E-state index contributed by atoms with van der Waals surface area (Å²) in [5.41, 5.74) is 9.77. The van der Waals surface area contributed by atoms with Crippen LogP contribution >= 0.6 is 15.9 Å². The minimum Gasteiger partial charge on any atom is -0.397 e. The maximum absolute atomic E-state index is 12.2. The Bertz CT molecular complexity index is 638. The molecule has 98 valence electrons. The Labute approximate surface area is 121 Å². The summed E-state index contributed by atoms with van der Waals surface area (Å²) in [7, 11) is 0.